The number of hydrazone groups is 1. The minimum Gasteiger partial charge on any atom is -0.490 e. The van der Waals surface area contributed by atoms with Crippen molar-refractivity contribution < 1.29 is 9.47 Å². The molecule has 4 rings (SSSR count). The van der Waals surface area contributed by atoms with Gasteiger partial charge in [0.2, 0.25) is 5.95 Å². The topological polar surface area (TPSA) is 75.1 Å². The summed E-state index contributed by atoms with van der Waals surface area (Å²) in [5.41, 5.74) is 5.28. The number of hydrogen-bond donors (Lipinski definition) is 1. The lowest BCUT2D eigenvalue weighted by atomic mass is 9.84. The summed E-state index contributed by atoms with van der Waals surface area (Å²) >= 11 is 3.54. The molecule has 9 heteroatoms. The van der Waals surface area contributed by atoms with Gasteiger partial charge in [0.25, 0.3) is 0 Å². The second-order valence-electron chi connectivity index (χ2n) is 9.85. The van der Waals surface area contributed by atoms with Gasteiger partial charge in [0.15, 0.2) is 5.82 Å². The lowest BCUT2D eigenvalue weighted by molar-refractivity contribution is 0.217. The summed E-state index contributed by atoms with van der Waals surface area (Å²) in [6, 6.07) is 16.2. The van der Waals surface area contributed by atoms with Crippen LogP contribution in [0.1, 0.15) is 49.1 Å². The van der Waals surface area contributed by atoms with Crippen LogP contribution in [-0.2, 0) is 0 Å². The van der Waals surface area contributed by atoms with Crippen molar-refractivity contribution in [3.63, 3.8) is 0 Å². The van der Waals surface area contributed by atoms with Gasteiger partial charge in [-0.1, -0.05) is 47.3 Å². The first kappa shape index (κ1) is 27.7. The highest BCUT2D eigenvalue weighted by Gasteiger charge is 2.15. The fourth-order valence-corrected chi connectivity index (χ4v) is 4.79. The van der Waals surface area contributed by atoms with Gasteiger partial charge in [0.05, 0.1) is 6.21 Å². The number of ether oxygens (including phenoxy) is 2. The summed E-state index contributed by atoms with van der Waals surface area (Å²) in [6.45, 7) is 0.875. The molecular weight excluding hydrogens is 544 g/mol. The molecule has 1 aliphatic carbocycles. The van der Waals surface area contributed by atoms with Crippen LogP contribution in [-0.4, -0.2) is 57.6 Å². The third kappa shape index (κ3) is 7.84. The Bertz CT molecular complexity index is 1180. The Hall–Kier alpha value is -3.33. The zero-order valence-electron chi connectivity index (χ0n) is 22.7. The Labute approximate surface area is 234 Å². The summed E-state index contributed by atoms with van der Waals surface area (Å²) in [5, 5.41) is 4.40. The van der Waals surface area contributed by atoms with Crippen molar-refractivity contribution in [3.8, 4) is 11.5 Å². The molecule has 2 aromatic carbocycles. The first-order valence-corrected chi connectivity index (χ1v) is 13.9. The fourth-order valence-electron chi connectivity index (χ4n) is 4.41. The second-order valence-corrected chi connectivity index (χ2v) is 10.8. The number of rotatable bonds is 11. The zero-order valence-corrected chi connectivity index (χ0v) is 24.2. The van der Waals surface area contributed by atoms with E-state index in [-0.39, 0.29) is 0 Å². The van der Waals surface area contributed by atoms with Crippen molar-refractivity contribution in [2.45, 2.75) is 38.0 Å². The van der Waals surface area contributed by atoms with E-state index >= 15 is 0 Å². The van der Waals surface area contributed by atoms with Gasteiger partial charge in [-0.25, -0.2) is 0 Å². The number of halogens is 1. The van der Waals surface area contributed by atoms with Crippen LogP contribution in [0.25, 0.3) is 0 Å². The van der Waals surface area contributed by atoms with E-state index in [1.165, 1.54) is 37.7 Å². The average molecular weight is 582 g/mol. The molecule has 0 spiro atoms. The van der Waals surface area contributed by atoms with Crippen molar-refractivity contribution in [1.82, 2.24) is 9.97 Å². The maximum atomic E-state index is 6.03. The molecule has 0 atom stereocenters. The van der Waals surface area contributed by atoms with E-state index in [9.17, 15) is 0 Å². The largest absolute Gasteiger partial charge is 0.490 e. The lowest BCUT2D eigenvalue weighted by Crippen LogP contribution is -2.17. The third-order valence-electron chi connectivity index (χ3n) is 6.48. The number of aromatic nitrogens is 2. The number of anilines is 3. The number of benzene rings is 2. The molecule has 202 valence electrons. The Kier molecular flexibility index (Phi) is 9.81. The maximum Gasteiger partial charge on any atom is 0.228 e. The highest BCUT2D eigenvalue weighted by molar-refractivity contribution is 9.10. The van der Waals surface area contributed by atoms with Crippen molar-refractivity contribution >= 4 is 39.7 Å². The molecule has 0 radical (unpaired) electrons. The average Bonchev–Trinajstić information content (AvgIpc) is 2.92. The van der Waals surface area contributed by atoms with Gasteiger partial charge in [0.1, 0.15) is 30.5 Å². The first-order valence-electron chi connectivity index (χ1n) is 13.1. The monoisotopic (exact) mass is 580 g/mol. The summed E-state index contributed by atoms with van der Waals surface area (Å²) in [5.74, 6) is 4.28. The Morgan fingerprint density at radius 3 is 2.37 bits per heavy atom. The van der Waals surface area contributed by atoms with Crippen LogP contribution in [0.5, 0.6) is 11.5 Å². The van der Waals surface area contributed by atoms with Crippen LogP contribution in [0.3, 0.4) is 0 Å². The summed E-state index contributed by atoms with van der Waals surface area (Å²) in [6.07, 6.45) is 8.38. The van der Waals surface area contributed by atoms with Crippen LogP contribution < -0.4 is 24.7 Å². The van der Waals surface area contributed by atoms with Gasteiger partial charge in [-0.3, -0.25) is 5.43 Å². The molecule has 1 fully saturated rings. The summed E-state index contributed by atoms with van der Waals surface area (Å²) in [4.78, 5) is 12.8. The van der Waals surface area contributed by atoms with Crippen LogP contribution >= 0.6 is 15.9 Å². The smallest absolute Gasteiger partial charge is 0.228 e. The molecule has 1 aliphatic rings. The molecule has 1 heterocycles. The van der Waals surface area contributed by atoms with Crippen LogP contribution in [0.4, 0.5) is 17.6 Å². The van der Waals surface area contributed by atoms with Gasteiger partial charge in [-0.05, 0) is 54.7 Å². The minimum absolute atomic E-state index is 0.421. The molecule has 8 nitrogen and oxygen atoms in total. The molecule has 0 unspecified atom stereocenters. The van der Waals surface area contributed by atoms with Gasteiger partial charge in [-0.2, -0.15) is 15.1 Å². The van der Waals surface area contributed by atoms with Crippen LogP contribution in [0.2, 0.25) is 0 Å². The highest BCUT2D eigenvalue weighted by Crippen LogP contribution is 2.33. The molecular formula is C29H37BrN6O2. The Balaban J connectivity index is 1.33. The molecule has 1 aromatic heterocycles. The predicted octanol–water partition coefficient (Wildman–Crippen LogP) is 6.32. The molecule has 0 bridgehead atoms. The van der Waals surface area contributed by atoms with Crippen LogP contribution in [0.15, 0.2) is 58.1 Å². The Morgan fingerprint density at radius 1 is 0.921 bits per heavy atom. The van der Waals surface area contributed by atoms with Crippen molar-refractivity contribution in [2.24, 2.45) is 5.10 Å². The molecule has 38 heavy (non-hydrogen) atoms. The third-order valence-corrected chi connectivity index (χ3v) is 6.97. The van der Waals surface area contributed by atoms with Crippen LogP contribution in [0, 0.1) is 0 Å². The summed E-state index contributed by atoms with van der Waals surface area (Å²) in [7, 11) is 7.69. The van der Waals surface area contributed by atoms with Gasteiger partial charge >= 0.3 is 0 Å². The number of nitrogens with zero attached hydrogens (tertiary/aromatic N) is 5. The van der Waals surface area contributed by atoms with E-state index in [0.717, 1.165) is 27.4 Å². The second kappa shape index (κ2) is 13.5. The predicted molar refractivity (Wildman–Crippen MR) is 159 cm³/mol. The van der Waals surface area contributed by atoms with Crippen molar-refractivity contribution in [3.05, 3.63) is 64.1 Å². The van der Waals surface area contributed by atoms with E-state index in [2.05, 4.69) is 60.7 Å². The molecule has 1 saturated carbocycles. The first-order chi connectivity index (χ1) is 18.4. The van der Waals surface area contributed by atoms with Gasteiger partial charge in [0, 0.05) is 44.3 Å². The fraction of sp³-hybridized carbons (Fsp3) is 0.414. The maximum absolute atomic E-state index is 6.03. The molecule has 1 N–H and O–H groups in total. The highest BCUT2D eigenvalue weighted by atomic mass is 79.9. The van der Waals surface area contributed by atoms with E-state index in [0.29, 0.717) is 30.9 Å². The van der Waals surface area contributed by atoms with Gasteiger partial charge < -0.3 is 19.3 Å². The molecule has 0 aliphatic heterocycles. The van der Waals surface area contributed by atoms with E-state index in [1.807, 2.05) is 62.3 Å². The van der Waals surface area contributed by atoms with Crippen molar-refractivity contribution in [2.75, 3.05) is 56.6 Å². The van der Waals surface area contributed by atoms with E-state index in [1.54, 1.807) is 6.21 Å². The minimum atomic E-state index is 0.421. The normalized spacial score (nSPS) is 13.9. The standard InChI is InChI=1S/C29H37BrN6O2/c1-35(2)28-19-27(32-29(33-28)36(3)4)34-31-20-23-18-24(30)12-15-26(23)38-17-16-37-25-13-10-22(11-14-25)21-8-6-5-7-9-21/h10-15,18-21H,5-9,16-17H2,1-4H3,(H,32,33,34)/b31-20-. The number of hydrogen-bond acceptors (Lipinski definition) is 8. The van der Waals surface area contributed by atoms with E-state index in [4.69, 9.17) is 9.47 Å². The Morgan fingerprint density at radius 2 is 1.66 bits per heavy atom. The lowest BCUT2D eigenvalue weighted by Gasteiger charge is -2.22. The summed E-state index contributed by atoms with van der Waals surface area (Å²) < 4.78 is 12.9. The zero-order chi connectivity index (χ0) is 26.9. The SMILES string of the molecule is CN(C)c1cc(N/N=C\c2cc(Br)ccc2OCCOc2ccc(C3CCCCC3)cc2)nc(N(C)C)n1. The molecule has 0 saturated heterocycles. The molecule has 3 aromatic rings. The molecule has 0 amide bonds. The number of nitrogens with one attached hydrogen (secondary N) is 1. The van der Waals surface area contributed by atoms with E-state index < -0.39 is 0 Å². The van der Waals surface area contributed by atoms with Gasteiger partial charge in [-0.15, -0.1) is 0 Å². The van der Waals surface area contributed by atoms with Crippen molar-refractivity contribution in [1.29, 1.82) is 0 Å². The quantitative estimate of drug-likeness (QED) is 0.161.